The molecule has 0 aliphatic rings. The summed E-state index contributed by atoms with van der Waals surface area (Å²) in [6, 6.07) is 1.54. The van der Waals surface area contributed by atoms with Crippen molar-refractivity contribution in [2.75, 3.05) is 0 Å². The second-order valence-corrected chi connectivity index (χ2v) is 4.80. The molecule has 0 amide bonds. The van der Waals surface area contributed by atoms with Crippen molar-refractivity contribution in [3.05, 3.63) is 34.4 Å². The lowest BCUT2D eigenvalue weighted by Gasteiger charge is -2.07. The van der Waals surface area contributed by atoms with Gasteiger partial charge in [-0.3, -0.25) is 0 Å². The highest BCUT2D eigenvalue weighted by Gasteiger charge is 2.23. The van der Waals surface area contributed by atoms with Gasteiger partial charge in [0.15, 0.2) is 5.69 Å². The average molecular weight is 360 g/mol. The van der Waals surface area contributed by atoms with E-state index in [9.17, 15) is 22.5 Å². The van der Waals surface area contributed by atoms with Crippen molar-refractivity contribution in [1.29, 1.82) is 5.26 Å². The van der Waals surface area contributed by atoms with Gasteiger partial charge in [-0.2, -0.15) is 22.8 Å². The first-order valence-electron chi connectivity index (χ1n) is 6.57. The molecule has 3 aromatic heterocycles. The minimum absolute atomic E-state index is 0.344. The number of nitroso groups, excluding NO2 is 1. The Morgan fingerprint density at radius 3 is 1.35 bits per heavy atom. The Kier molecular flexibility index (Phi) is 3.16. The second kappa shape index (κ2) is 5.28. The molecule has 0 bridgehead atoms. The van der Waals surface area contributed by atoms with Gasteiger partial charge in [-0.15, -0.1) is 4.91 Å². The summed E-state index contributed by atoms with van der Waals surface area (Å²) in [5.41, 5.74) is -3.12. The lowest BCUT2D eigenvalue weighted by atomic mass is 10.2. The summed E-state index contributed by atoms with van der Waals surface area (Å²) in [4.78, 5) is 31.6. The van der Waals surface area contributed by atoms with Crippen LogP contribution >= 0.6 is 0 Å². The van der Waals surface area contributed by atoms with E-state index in [0.717, 1.165) is 0 Å². The van der Waals surface area contributed by atoms with Crippen LogP contribution in [0, 0.1) is 40.0 Å². The molecule has 0 atom stereocenters. The zero-order valence-corrected chi connectivity index (χ0v) is 12.0. The van der Waals surface area contributed by atoms with E-state index in [1.54, 1.807) is 6.07 Å². The summed E-state index contributed by atoms with van der Waals surface area (Å²) in [5, 5.41) is 11.5. The summed E-state index contributed by atoms with van der Waals surface area (Å²) < 4.78 is 54.1. The Morgan fingerprint density at radius 1 is 0.654 bits per heavy atom. The van der Waals surface area contributed by atoms with Crippen LogP contribution in [0.3, 0.4) is 0 Å². The largest absolute Gasteiger partial charge is 0.269 e. The average Bonchev–Trinajstić information content (AvgIpc) is 2.63. The maximum absolute atomic E-state index is 13.5. The summed E-state index contributed by atoms with van der Waals surface area (Å²) in [6.07, 6.45) is 0. The fourth-order valence-corrected chi connectivity index (χ4v) is 2.34. The van der Waals surface area contributed by atoms with Crippen LogP contribution in [0.25, 0.3) is 33.1 Å². The van der Waals surface area contributed by atoms with Gasteiger partial charge in [0, 0.05) is 0 Å². The van der Waals surface area contributed by atoms with Crippen molar-refractivity contribution in [3.63, 3.8) is 0 Å². The maximum atomic E-state index is 13.5. The number of benzene rings is 1. The number of rotatable bonds is 1. The zero-order valence-electron chi connectivity index (χ0n) is 12.0. The number of nitriles is 1. The van der Waals surface area contributed by atoms with Crippen LogP contribution in [-0.4, -0.2) is 29.9 Å². The number of fused-ring (bicyclic) bond motifs is 6. The number of halogens is 4. The minimum Gasteiger partial charge on any atom is -0.229 e. The first kappa shape index (κ1) is 15.6. The molecular formula is C13F4N8O. The highest BCUT2D eigenvalue weighted by Crippen LogP contribution is 2.31. The van der Waals surface area contributed by atoms with Gasteiger partial charge in [0.05, 0.1) is 0 Å². The number of aromatic nitrogens is 6. The van der Waals surface area contributed by atoms with Gasteiger partial charge in [0.25, 0.3) is 23.8 Å². The van der Waals surface area contributed by atoms with E-state index < -0.39 is 57.4 Å². The third kappa shape index (κ3) is 2.02. The topological polar surface area (TPSA) is 131 Å². The molecule has 0 saturated heterocycles. The van der Waals surface area contributed by atoms with E-state index >= 15 is 0 Å². The van der Waals surface area contributed by atoms with Crippen molar-refractivity contribution in [2.24, 2.45) is 5.18 Å². The SMILES string of the molecule is N#Cc1nc2c3nc(F)c(F)nc3c3nc(F)c(F)nc3c2nc1N=O. The van der Waals surface area contributed by atoms with Gasteiger partial charge in [-0.1, -0.05) is 0 Å². The van der Waals surface area contributed by atoms with E-state index in [1.165, 1.54) is 0 Å². The van der Waals surface area contributed by atoms with Crippen LogP contribution in [0.4, 0.5) is 23.4 Å². The van der Waals surface area contributed by atoms with E-state index in [-0.39, 0.29) is 11.0 Å². The van der Waals surface area contributed by atoms with Gasteiger partial charge in [-0.05, 0) is 5.18 Å². The fourth-order valence-electron chi connectivity index (χ4n) is 2.34. The van der Waals surface area contributed by atoms with Crippen molar-refractivity contribution >= 4 is 38.9 Å². The van der Waals surface area contributed by atoms with Crippen LogP contribution in [0.5, 0.6) is 0 Å². The summed E-state index contributed by atoms with van der Waals surface area (Å²) in [7, 11) is 0. The van der Waals surface area contributed by atoms with Gasteiger partial charge < -0.3 is 0 Å². The first-order valence-corrected chi connectivity index (χ1v) is 6.57. The van der Waals surface area contributed by atoms with Crippen LogP contribution in [0.1, 0.15) is 5.69 Å². The lowest BCUT2D eigenvalue weighted by molar-refractivity contribution is 0.457. The summed E-state index contributed by atoms with van der Waals surface area (Å²) in [5.74, 6) is -7.13. The lowest BCUT2D eigenvalue weighted by Crippen LogP contribution is -2.04. The molecule has 0 aliphatic heterocycles. The third-order valence-electron chi connectivity index (χ3n) is 3.37. The number of hydrogen-bond acceptors (Lipinski definition) is 9. The number of nitrogens with zero attached hydrogens (tertiary/aromatic N) is 8. The predicted molar refractivity (Wildman–Crippen MR) is 75.7 cm³/mol. The zero-order chi connectivity index (χ0) is 18.6. The van der Waals surface area contributed by atoms with Crippen molar-refractivity contribution in [3.8, 4) is 6.07 Å². The Hall–Kier alpha value is -3.95. The summed E-state index contributed by atoms with van der Waals surface area (Å²) in [6.45, 7) is 0. The molecule has 0 N–H and O–H groups in total. The molecule has 4 aromatic rings. The van der Waals surface area contributed by atoms with Gasteiger partial charge in [-0.25, -0.2) is 29.9 Å². The van der Waals surface area contributed by atoms with E-state index in [2.05, 4.69) is 35.1 Å². The normalized spacial score (nSPS) is 11.2. The smallest absolute Gasteiger partial charge is 0.229 e. The third-order valence-corrected chi connectivity index (χ3v) is 3.37. The molecule has 0 fully saturated rings. The van der Waals surface area contributed by atoms with Crippen LogP contribution in [-0.2, 0) is 0 Å². The molecule has 0 aliphatic carbocycles. The van der Waals surface area contributed by atoms with E-state index in [1.807, 2.05) is 0 Å². The quantitative estimate of drug-likeness (QED) is 0.287. The molecule has 0 radical (unpaired) electrons. The predicted octanol–water partition coefficient (Wildman–Crippen LogP) is 2.34. The molecule has 126 valence electrons. The van der Waals surface area contributed by atoms with E-state index in [4.69, 9.17) is 5.26 Å². The van der Waals surface area contributed by atoms with Crippen molar-refractivity contribution < 1.29 is 17.6 Å². The van der Waals surface area contributed by atoms with Gasteiger partial charge in [0.1, 0.15) is 39.2 Å². The second-order valence-electron chi connectivity index (χ2n) is 4.80. The highest BCUT2D eigenvalue weighted by atomic mass is 19.2. The van der Waals surface area contributed by atoms with E-state index in [0.29, 0.717) is 0 Å². The molecular weight excluding hydrogens is 360 g/mol. The van der Waals surface area contributed by atoms with Crippen LogP contribution in [0.15, 0.2) is 5.18 Å². The molecule has 0 unspecified atom stereocenters. The molecule has 26 heavy (non-hydrogen) atoms. The molecule has 0 saturated carbocycles. The fraction of sp³-hybridized carbons (Fsp3) is 0. The molecule has 4 rings (SSSR count). The van der Waals surface area contributed by atoms with Crippen molar-refractivity contribution in [1.82, 2.24) is 29.9 Å². The molecule has 0 spiro atoms. The highest BCUT2D eigenvalue weighted by molar-refractivity contribution is 6.17. The standard InChI is InChI=1S/C13F4N8O/c14-9-10(15)21-5-4(20-9)3-8(24-13(25-26)2(1-18)19-3)7-6(5)22-11(16)12(17)23-7. The Balaban J connectivity index is 2.39. The van der Waals surface area contributed by atoms with Gasteiger partial charge in [0.2, 0.25) is 5.82 Å². The molecule has 3 heterocycles. The minimum atomic E-state index is -1.62. The first-order chi connectivity index (χ1) is 12.4. The van der Waals surface area contributed by atoms with Crippen LogP contribution < -0.4 is 0 Å². The molecule has 1 aromatic carbocycles. The molecule has 13 heteroatoms. The Morgan fingerprint density at radius 2 is 1.00 bits per heavy atom. The van der Waals surface area contributed by atoms with Gasteiger partial charge >= 0.3 is 0 Å². The maximum Gasteiger partial charge on any atom is 0.269 e. The summed E-state index contributed by atoms with van der Waals surface area (Å²) >= 11 is 0. The molecule has 9 nitrogen and oxygen atoms in total. The monoisotopic (exact) mass is 360 g/mol. The van der Waals surface area contributed by atoms with Crippen molar-refractivity contribution in [2.45, 2.75) is 0 Å². The Bertz CT molecular complexity index is 1320. The number of hydrogen-bond donors (Lipinski definition) is 0. The van der Waals surface area contributed by atoms with Crippen LogP contribution in [0.2, 0.25) is 0 Å². The Labute approximate surface area is 138 Å².